The first-order chi connectivity index (χ1) is 24.6. The number of nitriles is 1. The Morgan fingerprint density at radius 1 is 0.804 bits per heavy atom. The van der Waals surface area contributed by atoms with E-state index in [1.54, 1.807) is 73.7 Å². The predicted octanol–water partition coefficient (Wildman–Crippen LogP) is 8.41. The minimum atomic E-state index is -0.548. The zero-order valence-electron chi connectivity index (χ0n) is 28.2. The van der Waals surface area contributed by atoms with E-state index in [0.717, 1.165) is 27.4 Å². The fourth-order valence-electron chi connectivity index (χ4n) is 4.96. The number of carbonyl (C=O) groups is 4. The van der Waals surface area contributed by atoms with Gasteiger partial charge < -0.3 is 21.3 Å². The summed E-state index contributed by atoms with van der Waals surface area (Å²) in [6, 6.07) is 34.4. The summed E-state index contributed by atoms with van der Waals surface area (Å²) in [5.41, 5.74) is 4.10. The molecule has 4 amide bonds. The lowest BCUT2D eigenvalue weighted by molar-refractivity contribution is -0.116. The number of thiophene rings is 1. The molecule has 4 N–H and O–H groups in total. The second-order valence-corrected chi connectivity index (χ2v) is 13.8. The quantitative estimate of drug-likeness (QED) is 0.0756. The van der Waals surface area contributed by atoms with Crippen molar-refractivity contribution in [2.24, 2.45) is 0 Å². The zero-order valence-corrected chi connectivity index (χ0v) is 29.8. The molecule has 9 nitrogen and oxygen atoms in total. The van der Waals surface area contributed by atoms with Crippen LogP contribution in [0.5, 0.6) is 0 Å². The molecule has 0 aliphatic carbocycles. The molecular weight excluding hydrogens is 679 g/mol. The normalized spacial score (nSPS) is 11.5. The molecule has 0 radical (unpaired) electrons. The second kappa shape index (κ2) is 17.1. The van der Waals surface area contributed by atoms with E-state index in [-0.39, 0.29) is 23.1 Å². The van der Waals surface area contributed by atoms with Crippen LogP contribution in [0.2, 0.25) is 0 Å². The van der Waals surface area contributed by atoms with Crippen LogP contribution in [0, 0.1) is 25.2 Å². The number of rotatable bonds is 12. The molecule has 0 fully saturated rings. The largest absolute Gasteiger partial charge is 0.321 e. The van der Waals surface area contributed by atoms with Gasteiger partial charge in [0.15, 0.2) is 0 Å². The van der Waals surface area contributed by atoms with Gasteiger partial charge in [0.25, 0.3) is 17.7 Å². The van der Waals surface area contributed by atoms with Crippen LogP contribution in [-0.2, 0) is 9.59 Å². The summed E-state index contributed by atoms with van der Waals surface area (Å²) >= 11 is 2.36. The number of nitrogens with one attached hydrogen (secondary N) is 4. The minimum Gasteiger partial charge on any atom is -0.321 e. The summed E-state index contributed by atoms with van der Waals surface area (Å²) in [4.78, 5) is 54.2. The maximum Gasteiger partial charge on any atom is 0.272 e. The Labute approximate surface area is 304 Å². The van der Waals surface area contributed by atoms with Crippen LogP contribution in [0.1, 0.15) is 55.6 Å². The molecule has 1 aromatic heterocycles. The number of thioether (sulfide) groups is 1. The van der Waals surface area contributed by atoms with Crippen LogP contribution in [0.25, 0.3) is 6.08 Å². The summed E-state index contributed by atoms with van der Waals surface area (Å²) in [7, 11) is 0. The third-order valence-electron chi connectivity index (χ3n) is 7.68. The van der Waals surface area contributed by atoms with E-state index < -0.39 is 17.1 Å². The average Bonchev–Trinajstić information content (AvgIpc) is 3.46. The van der Waals surface area contributed by atoms with Gasteiger partial charge in [-0.3, -0.25) is 19.2 Å². The number of carbonyl (C=O) groups excluding carboxylic acids is 4. The first-order valence-corrected chi connectivity index (χ1v) is 17.8. The van der Waals surface area contributed by atoms with Crippen molar-refractivity contribution in [3.05, 3.63) is 148 Å². The average molecular weight is 714 g/mol. The fourth-order valence-corrected chi connectivity index (χ4v) is 7.03. The maximum absolute atomic E-state index is 13.6. The third kappa shape index (κ3) is 9.60. The number of hydrogen-bond donors (Lipinski definition) is 4. The Bertz CT molecular complexity index is 2120. The molecule has 5 aromatic rings. The van der Waals surface area contributed by atoms with Gasteiger partial charge in [0.1, 0.15) is 16.8 Å². The van der Waals surface area contributed by atoms with Gasteiger partial charge in [-0.1, -0.05) is 79.2 Å². The Hall–Kier alpha value is -5.96. The molecule has 256 valence electrons. The van der Waals surface area contributed by atoms with Gasteiger partial charge in [0, 0.05) is 21.8 Å². The topological polar surface area (TPSA) is 140 Å². The lowest BCUT2D eigenvalue weighted by Gasteiger charge is -2.15. The summed E-state index contributed by atoms with van der Waals surface area (Å²) in [5.74, 6) is -1.63. The van der Waals surface area contributed by atoms with E-state index in [0.29, 0.717) is 38.8 Å². The minimum absolute atomic E-state index is 0.0629. The molecule has 1 atom stereocenters. The van der Waals surface area contributed by atoms with E-state index in [9.17, 15) is 24.4 Å². The molecule has 0 saturated heterocycles. The molecule has 11 heteroatoms. The van der Waals surface area contributed by atoms with E-state index >= 15 is 0 Å². The first-order valence-electron chi connectivity index (χ1n) is 16.1. The van der Waals surface area contributed by atoms with Crippen LogP contribution in [-0.4, -0.2) is 28.9 Å². The van der Waals surface area contributed by atoms with Crippen LogP contribution in [0.15, 0.2) is 120 Å². The van der Waals surface area contributed by atoms with Crippen molar-refractivity contribution >= 4 is 69.2 Å². The third-order valence-corrected chi connectivity index (χ3v) is 10.2. The fraction of sp³-hybridized carbons (Fsp3) is 0.125. The van der Waals surface area contributed by atoms with E-state index in [1.807, 2.05) is 62.4 Å². The van der Waals surface area contributed by atoms with Crippen molar-refractivity contribution in [1.82, 2.24) is 5.32 Å². The van der Waals surface area contributed by atoms with E-state index in [2.05, 4.69) is 27.3 Å². The number of nitrogens with zero attached hydrogens (tertiary/aromatic N) is 1. The molecule has 4 aromatic carbocycles. The highest BCUT2D eigenvalue weighted by atomic mass is 32.2. The lowest BCUT2D eigenvalue weighted by atomic mass is 10.1. The highest BCUT2D eigenvalue weighted by molar-refractivity contribution is 8.00. The molecule has 0 spiro atoms. The summed E-state index contributed by atoms with van der Waals surface area (Å²) < 4.78 is 0. The van der Waals surface area contributed by atoms with Crippen molar-refractivity contribution in [1.29, 1.82) is 5.26 Å². The number of para-hydroxylation sites is 1. The molecule has 1 heterocycles. The van der Waals surface area contributed by atoms with Crippen LogP contribution in [0.4, 0.5) is 16.4 Å². The lowest BCUT2D eigenvalue weighted by Crippen LogP contribution is -2.30. The van der Waals surface area contributed by atoms with Crippen LogP contribution < -0.4 is 21.3 Å². The SMILES string of the molecule is CCC(Sc1cccc(NC(=O)/C(=C\c2ccc(C)cc2)NC(=O)c2ccccc2)c1)C(=O)Nc1sc(C(=O)Nc2ccccc2)c(C)c1C#N. The molecule has 1 unspecified atom stereocenters. The molecule has 0 aliphatic rings. The van der Waals surface area contributed by atoms with Gasteiger partial charge in [0.2, 0.25) is 5.91 Å². The Balaban J connectivity index is 1.29. The van der Waals surface area contributed by atoms with Gasteiger partial charge in [-0.2, -0.15) is 5.26 Å². The number of anilines is 3. The number of benzene rings is 4. The Kier molecular flexibility index (Phi) is 12.2. The van der Waals surface area contributed by atoms with E-state index in [4.69, 9.17) is 0 Å². The van der Waals surface area contributed by atoms with Gasteiger partial charge in [0.05, 0.1) is 15.7 Å². The Morgan fingerprint density at radius 2 is 1.47 bits per heavy atom. The molecule has 0 aliphatic heterocycles. The van der Waals surface area contributed by atoms with Gasteiger partial charge in [-0.15, -0.1) is 23.1 Å². The monoisotopic (exact) mass is 713 g/mol. The summed E-state index contributed by atoms with van der Waals surface area (Å²) in [5, 5.41) is 21.0. The zero-order chi connectivity index (χ0) is 36.3. The van der Waals surface area contributed by atoms with E-state index in [1.165, 1.54) is 11.8 Å². The second-order valence-electron chi connectivity index (χ2n) is 11.5. The van der Waals surface area contributed by atoms with Gasteiger partial charge in [-0.05, 0) is 79.9 Å². The number of amides is 4. The number of aryl methyl sites for hydroxylation is 1. The highest BCUT2D eigenvalue weighted by Crippen LogP contribution is 2.35. The smallest absolute Gasteiger partial charge is 0.272 e. The van der Waals surface area contributed by atoms with Gasteiger partial charge >= 0.3 is 0 Å². The number of hydrogen-bond acceptors (Lipinski definition) is 7. The van der Waals surface area contributed by atoms with Crippen LogP contribution in [0.3, 0.4) is 0 Å². The molecule has 0 saturated carbocycles. The van der Waals surface area contributed by atoms with Crippen molar-refractivity contribution in [2.75, 3.05) is 16.0 Å². The summed E-state index contributed by atoms with van der Waals surface area (Å²) in [6.07, 6.45) is 2.08. The highest BCUT2D eigenvalue weighted by Gasteiger charge is 2.25. The molecule has 0 bridgehead atoms. The van der Waals surface area contributed by atoms with Crippen molar-refractivity contribution in [2.45, 2.75) is 37.3 Å². The standard InChI is InChI=1S/C40H35N5O4S2/c1-4-34(38(48)45-40-32(24-41)26(3)35(51-40)39(49)42-29-14-9-6-10-15-29)50-31-17-11-16-30(23-31)43-37(47)33(22-27-20-18-25(2)19-21-27)44-36(46)28-12-7-5-8-13-28/h5-23,34H,4H2,1-3H3,(H,42,49)(H,43,47)(H,44,46)(H,45,48)/b33-22+. The van der Waals surface area contributed by atoms with Crippen molar-refractivity contribution in [3.8, 4) is 6.07 Å². The Morgan fingerprint density at radius 3 is 2.14 bits per heavy atom. The first kappa shape index (κ1) is 36.3. The maximum atomic E-state index is 13.6. The predicted molar refractivity (Wildman–Crippen MR) is 205 cm³/mol. The molecule has 5 rings (SSSR count). The van der Waals surface area contributed by atoms with Crippen molar-refractivity contribution < 1.29 is 19.2 Å². The van der Waals surface area contributed by atoms with Crippen LogP contribution >= 0.6 is 23.1 Å². The molecular formula is C40H35N5O4S2. The van der Waals surface area contributed by atoms with Crippen molar-refractivity contribution in [3.63, 3.8) is 0 Å². The molecule has 51 heavy (non-hydrogen) atoms. The van der Waals surface area contributed by atoms with Gasteiger partial charge in [-0.25, -0.2) is 0 Å². The summed E-state index contributed by atoms with van der Waals surface area (Å²) in [6.45, 7) is 5.53.